The summed E-state index contributed by atoms with van der Waals surface area (Å²) >= 11 is 18.1. The minimum Gasteiger partial charge on any atom is -0.455 e. The molecule has 1 unspecified atom stereocenters. The van der Waals surface area contributed by atoms with Crippen molar-refractivity contribution in [2.45, 2.75) is 19.4 Å². The van der Waals surface area contributed by atoms with E-state index in [0.717, 1.165) is 17.7 Å². The predicted molar refractivity (Wildman–Crippen MR) is 90.1 cm³/mol. The van der Waals surface area contributed by atoms with E-state index in [0.29, 0.717) is 20.8 Å². The third kappa shape index (κ3) is 3.83. The molecule has 0 saturated carbocycles. The molecule has 0 aliphatic carbocycles. The van der Waals surface area contributed by atoms with Gasteiger partial charge in [0.15, 0.2) is 0 Å². The Labute approximate surface area is 140 Å². The molecule has 5 heteroatoms. The van der Waals surface area contributed by atoms with E-state index in [4.69, 9.17) is 39.5 Å². The highest BCUT2D eigenvalue weighted by molar-refractivity contribution is 6.43. The molecule has 0 heterocycles. The Morgan fingerprint density at radius 3 is 2.33 bits per heavy atom. The standard InChI is InChI=1S/C16H16Cl3NO/c1-3-14(20-2)10-6-4-5-7-15(10)21-16-9-12(18)11(17)8-13(16)19/h4-9,14,20H,3H2,1-2H3. The van der Waals surface area contributed by atoms with Gasteiger partial charge in [-0.3, -0.25) is 0 Å². The Hall–Kier alpha value is -0.930. The Morgan fingerprint density at radius 1 is 1.00 bits per heavy atom. The molecule has 0 aromatic heterocycles. The van der Waals surface area contributed by atoms with Crippen molar-refractivity contribution in [1.82, 2.24) is 5.32 Å². The molecule has 0 aliphatic rings. The molecule has 112 valence electrons. The molecule has 0 radical (unpaired) electrons. The van der Waals surface area contributed by atoms with Crippen LogP contribution in [0.4, 0.5) is 0 Å². The van der Waals surface area contributed by atoms with E-state index in [2.05, 4.69) is 12.2 Å². The maximum absolute atomic E-state index is 6.17. The highest BCUT2D eigenvalue weighted by Crippen LogP contribution is 2.38. The van der Waals surface area contributed by atoms with Crippen molar-refractivity contribution < 1.29 is 4.74 Å². The van der Waals surface area contributed by atoms with Gasteiger partial charge >= 0.3 is 0 Å². The minimum atomic E-state index is 0.211. The first-order valence-corrected chi connectivity index (χ1v) is 7.78. The summed E-state index contributed by atoms with van der Waals surface area (Å²) in [6, 6.07) is 11.3. The second-order valence-electron chi connectivity index (χ2n) is 4.59. The fraction of sp³-hybridized carbons (Fsp3) is 0.250. The lowest BCUT2D eigenvalue weighted by Crippen LogP contribution is -2.15. The molecule has 0 aliphatic heterocycles. The maximum atomic E-state index is 6.17. The number of hydrogen-bond acceptors (Lipinski definition) is 2. The third-order valence-electron chi connectivity index (χ3n) is 3.25. The molecule has 2 aromatic rings. The highest BCUT2D eigenvalue weighted by Gasteiger charge is 2.15. The zero-order valence-electron chi connectivity index (χ0n) is 11.8. The first kappa shape index (κ1) is 16.4. The summed E-state index contributed by atoms with van der Waals surface area (Å²) in [7, 11) is 1.93. The molecule has 21 heavy (non-hydrogen) atoms. The van der Waals surface area contributed by atoms with Gasteiger partial charge in [0, 0.05) is 17.7 Å². The van der Waals surface area contributed by atoms with E-state index in [-0.39, 0.29) is 6.04 Å². The maximum Gasteiger partial charge on any atom is 0.147 e. The summed E-state index contributed by atoms with van der Waals surface area (Å²) in [6.07, 6.45) is 0.950. The molecule has 0 fully saturated rings. The summed E-state index contributed by atoms with van der Waals surface area (Å²) in [6.45, 7) is 2.12. The van der Waals surface area contributed by atoms with Crippen molar-refractivity contribution in [3.63, 3.8) is 0 Å². The predicted octanol–water partition coefficient (Wildman–Crippen LogP) is 6.11. The van der Waals surface area contributed by atoms with Crippen molar-refractivity contribution >= 4 is 34.8 Å². The Bertz CT molecular complexity index is 627. The van der Waals surface area contributed by atoms with Crippen LogP contribution in [0, 0.1) is 0 Å². The normalized spacial score (nSPS) is 12.2. The molecule has 1 N–H and O–H groups in total. The highest BCUT2D eigenvalue weighted by atomic mass is 35.5. The zero-order valence-corrected chi connectivity index (χ0v) is 14.1. The van der Waals surface area contributed by atoms with Crippen LogP contribution in [0.5, 0.6) is 11.5 Å². The molecule has 0 saturated heterocycles. The van der Waals surface area contributed by atoms with Gasteiger partial charge in [-0.2, -0.15) is 0 Å². The average molecular weight is 345 g/mol. The Balaban J connectivity index is 2.38. The van der Waals surface area contributed by atoms with Gasteiger partial charge in [0.05, 0.1) is 15.1 Å². The van der Waals surface area contributed by atoms with Crippen LogP contribution in [0.2, 0.25) is 15.1 Å². The summed E-state index contributed by atoms with van der Waals surface area (Å²) in [4.78, 5) is 0. The molecular formula is C16H16Cl3NO. The molecule has 2 aromatic carbocycles. The van der Waals surface area contributed by atoms with Crippen LogP contribution >= 0.6 is 34.8 Å². The molecule has 0 spiro atoms. The van der Waals surface area contributed by atoms with Crippen molar-refractivity contribution in [1.29, 1.82) is 0 Å². The van der Waals surface area contributed by atoms with Crippen LogP contribution in [-0.2, 0) is 0 Å². The van der Waals surface area contributed by atoms with Crippen molar-refractivity contribution in [3.8, 4) is 11.5 Å². The van der Waals surface area contributed by atoms with E-state index < -0.39 is 0 Å². The zero-order chi connectivity index (χ0) is 15.4. The van der Waals surface area contributed by atoms with Gasteiger partial charge in [0.1, 0.15) is 11.5 Å². The molecule has 2 nitrogen and oxygen atoms in total. The Morgan fingerprint density at radius 2 is 1.67 bits per heavy atom. The summed E-state index contributed by atoms with van der Waals surface area (Å²) in [5.41, 5.74) is 1.07. The van der Waals surface area contributed by atoms with E-state index in [1.54, 1.807) is 12.1 Å². The second-order valence-corrected chi connectivity index (χ2v) is 5.81. The summed E-state index contributed by atoms with van der Waals surface area (Å²) in [5, 5.41) is 4.51. The van der Waals surface area contributed by atoms with Gasteiger partial charge in [-0.05, 0) is 25.6 Å². The molecule has 0 amide bonds. The number of nitrogens with one attached hydrogen (secondary N) is 1. The van der Waals surface area contributed by atoms with Gasteiger partial charge < -0.3 is 10.1 Å². The number of ether oxygens (including phenoxy) is 1. The van der Waals surface area contributed by atoms with Crippen molar-refractivity contribution in [3.05, 3.63) is 57.0 Å². The van der Waals surface area contributed by atoms with Crippen LogP contribution in [0.15, 0.2) is 36.4 Å². The van der Waals surface area contributed by atoms with Gasteiger partial charge in [-0.1, -0.05) is 59.9 Å². The lowest BCUT2D eigenvalue weighted by Gasteiger charge is -2.19. The lowest BCUT2D eigenvalue weighted by molar-refractivity contribution is 0.459. The van der Waals surface area contributed by atoms with Crippen molar-refractivity contribution in [2.24, 2.45) is 0 Å². The SMILES string of the molecule is CCC(NC)c1ccccc1Oc1cc(Cl)c(Cl)cc1Cl. The first-order chi connectivity index (χ1) is 10.1. The smallest absolute Gasteiger partial charge is 0.147 e. The second kappa shape index (κ2) is 7.37. The Kier molecular flexibility index (Phi) is 5.77. The molecule has 0 bridgehead atoms. The number of halogens is 3. The van der Waals surface area contributed by atoms with E-state index in [9.17, 15) is 0 Å². The molecule has 1 atom stereocenters. The van der Waals surface area contributed by atoms with E-state index >= 15 is 0 Å². The number of rotatable bonds is 5. The quantitative estimate of drug-likeness (QED) is 0.661. The van der Waals surface area contributed by atoms with E-state index in [1.165, 1.54) is 0 Å². The van der Waals surface area contributed by atoms with Crippen LogP contribution < -0.4 is 10.1 Å². The lowest BCUT2D eigenvalue weighted by atomic mass is 10.0. The van der Waals surface area contributed by atoms with Crippen molar-refractivity contribution in [2.75, 3.05) is 7.05 Å². The summed E-state index contributed by atoms with van der Waals surface area (Å²) < 4.78 is 5.95. The van der Waals surface area contributed by atoms with Gasteiger partial charge in [-0.15, -0.1) is 0 Å². The third-order valence-corrected chi connectivity index (χ3v) is 4.26. The number of hydrogen-bond donors (Lipinski definition) is 1. The summed E-state index contributed by atoms with van der Waals surface area (Å²) in [5.74, 6) is 1.24. The van der Waals surface area contributed by atoms with E-state index in [1.807, 2.05) is 31.3 Å². The monoisotopic (exact) mass is 343 g/mol. The topological polar surface area (TPSA) is 21.3 Å². The number of para-hydroxylation sites is 1. The van der Waals surface area contributed by atoms with Gasteiger partial charge in [0.25, 0.3) is 0 Å². The number of benzene rings is 2. The molecule has 2 rings (SSSR count). The van der Waals surface area contributed by atoms with Gasteiger partial charge in [0.2, 0.25) is 0 Å². The van der Waals surface area contributed by atoms with Crippen LogP contribution in [0.1, 0.15) is 24.9 Å². The van der Waals surface area contributed by atoms with Crippen LogP contribution in [0.25, 0.3) is 0 Å². The first-order valence-electron chi connectivity index (χ1n) is 6.65. The fourth-order valence-electron chi connectivity index (χ4n) is 2.14. The van der Waals surface area contributed by atoms with Crippen LogP contribution in [0.3, 0.4) is 0 Å². The molecular weight excluding hydrogens is 329 g/mol. The van der Waals surface area contributed by atoms with Gasteiger partial charge in [-0.25, -0.2) is 0 Å². The van der Waals surface area contributed by atoms with Crippen LogP contribution in [-0.4, -0.2) is 7.05 Å². The average Bonchev–Trinajstić information content (AvgIpc) is 2.47. The largest absolute Gasteiger partial charge is 0.455 e. The fourth-order valence-corrected chi connectivity index (χ4v) is 2.72. The minimum absolute atomic E-state index is 0.211.